The average molecular weight is 354 g/mol. The van der Waals surface area contributed by atoms with Crippen molar-refractivity contribution in [3.05, 3.63) is 22.4 Å². The fourth-order valence-corrected chi connectivity index (χ4v) is 8.70. The Hall–Kier alpha value is -1.96. The predicted molar refractivity (Wildman–Crippen MR) is 93.2 cm³/mol. The number of hydrogen-bond acceptors (Lipinski definition) is 5. The van der Waals surface area contributed by atoms with Gasteiger partial charge in [0.1, 0.15) is 6.29 Å². The standard InChI is InChI=1S/C16H26N2O5Si/c1-10(2)24(11(3)4,12(5)6)23-14-13(16(21)22)17-9-18(7-8-19)15(14)20/h8-12H,7H2,1-6H3,(H,21,22). The van der Waals surface area contributed by atoms with Crippen LogP contribution in [0.25, 0.3) is 0 Å². The molecule has 0 unspecified atom stereocenters. The van der Waals surface area contributed by atoms with Gasteiger partial charge >= 0.3 is 5.97 Å². The molecule has 0 aliphatic carbocycles. The summed E-state index contributed by atoms with van der Waals surface area (Å²) in [7, 11) is -2.53. The maximum absolute atomic E-state index is 12.6. The Kier molecular flexibility index (Phi) is 6.48. The smallest absolute Gasteiger partial charge is 0.358 e. The Labute approximate surface area is 142 Å². The second-order valence-corrected chi connectivity index (χ2v) is 12.1. The van der Waals surface area contributed by atoms with Crippen molar-refractivity contribution in [3.8, 4) is 5.75 Å². The number of carboxylic acids is 1. The van der Waals surface area contributed by atoms with Gasteiger partial charge in [-0.25, -0.2) is 9.78 Å². The number of aldehydes is 1. The molecular weight excluding hydrogens is 328 g/mol. The van der Waals surface area contributed by atoms with E-state index in [9.17, 15) is 19.5 Å². The number of nitrogens with zero attached hydrogens (tertiary/aromatic N) is 2. The zero-order valence-electron chi connectivity index (χ0n) is 15.1. The van der Waals surface area contributed by atoms with Gasteiger partial charge in [0.2, 0.25) is 5.75 Å². The summed E-state index contributed by atoms with van der Waals surface area (Å²) in [4.78, 5) is 38.7. The van der Waals surface area contributed by atoms with Crippen LogP contribution >= 0.6 is 0 Å². The summed E-state index contributed by atoms with van der Waals surface area (Å²) in [6.45, 7) is 12.0. The van der Waals surface area contributed by atoms with E-state index in [2.05, 4.69) is 4.98 Å². The van der Waals surface area contributed by atoms with Crippen LogP contribution in [0.3, 0.4) is 0 Å². The highest BCUT2D eigenvalue weighted by Crippen LogP contribution is 2.42. The van der Waals surface area contributed by atoms with Crippen LogP contribution in [0.4, 0.5) is 0 Å². The molecule has 1 aromatic rings. The third-order valence-electron chi connectivity index (χ3n) is 4.46. The van der Waals surface area contributed by atoms with Crippen LogP contribution in [0.1, 0.15) is 52.0 Å². The molecule has 0 spiro atoms. The molecule has 8 heteroatoms. The molecule has 0 saturated carbocycles. The normalized spacial score (nSPS) is 12.0. The lowest BCUT2D eigenvalue weighted by Crippen LogP contribution is -2.52. The van der Waals surface area contributed by atoms with Crippen LogP contribution in [0.2, 0.25) is 16.6 Å². The number of carbonyl (C=O) groups is 2. The largest absolute Gasteiger partial charge is 0.537 e. The van der Waals surface area contributed by atoms with Gasteiger partial charge in [0.15, 0.2) is 5.69 Å². The summed E-state index contributed by atoms with van der Waals surface area (Å²) >= 11 is 0. The molecule has 0 aliphatic heterocycles. The highest BCUT2D eigenvalue weighted by Gasteiger charge is 2.48. The quantitative estimate of drug-likeness (QED) is 0.569. The molecule has 134 valence electrons. The van der Waals surface area contributed by atoms with Crippen LogP contribution in [0.15, 0.2) is 11.1 Å². The third-order valence-corrected chi connectivity index (χ3v) is 10.4. The number of hydrogen-bond donors (Lipinski definition) is 1. The lowest BCUT2D eigenvalue weighted by atomic mass is 10.4. The van der Waals surface area contributed by atoms with Crippen LogP contribution < -0.4 is 9.99 Å². The first-order chi connectivity index (χ1) is 11.1. The van der Waals surface area contributed by atoms with E-state index in [0.29, 0.717) is 6.29 Å². The maximum Gasteiger partial charge on any atom is 0.358 e. The zero-order chi connectivity index (χ0) is 18.7. The summed E-state index contributed by atoms with van der Waals surface area (Å²) in [5.41, 5.74) is -0.538. The molecule has 0 bridgehead atoms. The Morgan fingerprint density at radius 1 is 1.25 bits per heavy atom. The van der Waals surface area contributed by atoms with Crippen LogP contribution in [0.5, 0.6) is 5.75 Å². The minimum Gasteiger partial charge on any atom is -0.537 e. The van der Waals surface area contributed by atoms with Crippen LogP contribution in [-0.2, 0) is 11.3 Å². The molecule has 1 rings (SSSR count). The first-order valence-electron chi connectivity index (χ1n) is 8.04. The lowest BCUT2D eigenvalue weighted by Gasteiger charge is -2.42. The molecule has 0 atom stereocenters. The van der Waals surface area contributed by atoms with Gasteiger partial charge in [0.25, 0.3) is 13.9 Å². The number of aromatic nitrogens is 2. The van der Waals surface area contributed by atoms with E-state index in [1.54, 1.807) is 0 Å². The molecule has 24 heavy (non-hydrogen) atoms. The van der Waals surface area contributed by atoms with Crippen molar-refractivity contribution in [3.63, 3.8) is 0 Å². The van der Waals surface area contributed by atoms with E-state index < -0.39 is 25.5 Å². The molecule has 7 nitrogen and oxygen atoms in total. The molecule has 0 aromatic carbocycles. The first-order valence-corrected chi connectivity index (χ1v) is 10.2. The fraction of sp³-hybridized carbons (Fsp3) is 0.625. The van der Waals surface area contributed by atoms with Gasteiger partial charge in [-0.05, 0) is 16.6 Å². The summed E-state index contributed by atoms with van der Waals surface area (Å²) in [6.07, 6.45) is 1.63. The monoisotopic (exact) mass is 354 g/mol. The van der Waals surface area contributed by atoms with Gasteiger partial charge in [0, 0.05) is 0 Å². The Morgan fingerprint density at radius 2 is 1.75 bits per heavy atom. The van der Waals surface area contributed by atoms with Gasteiger partial charge in [-0.15, -0.1) is 0 Å². The molecule has 0 saturated heterocycles. The van der Waals surface area contributed by atoms with Crippen molar-refractivity contribution in [1.29, 1.82) is 0 Å². The minimum atomic E-state index is -2.53. The number of rotatable bonds is 8. The maximum atomic E-state index is 12.6. The molecule has 0 aliphatic rings. The van der Waals surface area contributed by atoms with Crippen molar-refractivity contribution < 1.29 is 19.1 Å². The van der Waals surface area contributed by atoms with Crippen molar-refractivity contribution in [2.75, 3.05) is 0 Å². The number of carboxylic acid groups (broad SMARTS) is 1. The average Bonchev–Trinajstić information content (AvgIpc) is 2.46. The Balaban J connectivity index is 3.63. The highest BCUT2D eigenvalue weighted by molar-refractivity contribution is 6.78. The number of aromatic carboxylic acids is 1. The Morgan fingerprint density at radius 3 is 2.12 bits per heavy atom. The summed E-state index contributed by atoms with van der Waals surface area (Å²) in [5.74, 6) is -1.57. The summed E-state index contributed by atoms with van der Waals surface area (Å²) < 4.78 is 7.31. The molecular formula is C16H26N2O5Si. The van der Waals surface area contributed by atoms with Crippen molar-refractivity contribution >= 4 is 20.6 Å². The molecule has 0 fully saturated rings. The second-order valence-electron chi connectivity index (χ2n) is 6.77. The van der Waals surface area contributed by atoms with Crippen LogP contribution in [-0.4, -0.2) is 35.2 Å². The van der Waals surface area contributed by atoms with Crippen molar-refractivity contribution in [2.45, 2.75) is 64.7 Å². The topological polar surface area (TPSA) is 98.5 Å². The molecule has 1 aromatic heterocycles. The Bertz CT molecular complexity index is 645. The van der Waals surface area contributed by atoms with Crippen LogP contribution in [0, 0.1) is 0 Å². The zero-order valence-corrected chi connectivity index (χ0v) is 16.1. The summed E-state index contributed by atoms with van der Waals surface area (Å²) in [5, 5.41) is 9.38. The van der Waals surface area contributed by atoms with Gasteiger partial charge in [-0.1, -0.05) is 41.5 Å². The highest BCUT2D eigenvalue weighted by atomic mass is 28.4. The lowest BCUT2D eigenvalue weighted by molar-refractivity contribution is -0.108. The SMILES string of the molecule is CC(C)[Si](Oc1c(C(=O)O)ncn(CC=O)c1=O)(C(C)C)C(C)C. The van der Waals surface area contributed by atoms with E-state index in [0.717, 1.165) is 10.9 Å². The molecule has 0 radical (unpaired) electrons. The van der Waals surface area contributed by atoms with E-state index in [1.807, 2.05) is 41.5 Å². The van der Waals surface area contributed by atoms with Gasteiger partial charge in [-0.3, -0.25) is 9.36 Å². The van der Waals surface area contributed by atoms with Gasteiger partial charge < -0.3 is 14.3 Å². The van der Waals surface area contributed by atoms with Crippen molar-refractivity contribution in [2.24, 2.45) is 0 Å². The fourth-order valence-electron chi connectivity index (χ4n) is 3.46. The molecule has 1 N–H and O–H groups in total. The first kappa shape index (κ1) is 20.1. The second kappa shape index (κ2) is 7.74. The molecule has 0 amide bonds. The van der Waals surface area contributed by atoms with E-state index in [1.165, 1.54) is 0 Å². The van der Waals surface area contributed by atoms with E-state index >= 15 is 0 Å². The van der Waals surface area contributed by atoms with E-state index in [4.69, 9.17) is 4.43 Å². The minimum absolute atomic E-state index is 0.165. The predicted octanol–water partition coefficient (Wildman–Crippen LogP) is 2.69. The van der Waals surface area contributed by atoms with E-state index in [-0.39, 0.29) is 28.9 Å². The summed E-state index contributed by atoms with van der Waals surface area (Å²) in [6, 6.07) is 0. The van der Waals surface area contributed by atoms with Crippen molar-refractivity contribution in [1.82, 2.24) is 9.55 Å². The van der Waals surface area contributed by atoms with Gasteiger partial charge in [0.05, 0.1) is 12.9 Å². The molecule has 1 heterocycles. The number of carbonyl (C=O) groups excluding carboxylic acids is 1. The van der Waals surface area contributed by atoms with Gasteiger partial charge in [-0.2, -0.15) is 0 Å². The third kappa shape index (κ3) is 3.58.